The predicted molar refractivity (Wildman–Crippen MR) is 83.7 cm³/mol. The second kappa shape index (κ2) is 5.99. The summed E-state index contributed by atoms with van der Waals surface area (Å²) in [6.45, 7) is 0.427. The van der Waals surface area contributed by atoms with E-state index in [2.05, 4.69) is 0 Å². The summed E-state index contributed by atoms with van der Waals surface area (Å²) in [4.78, 5) is 0.170. The van der Waals surface area contributed by atoms with Crippen molar-refractivity contribution >= 4 is 21.6 Å². The molecule has 0 radical (unpaired) electrons. The molecule has 0 spiro atoms. The highest BCUT2D eigenvalue weighted by Gasteiger charge is 2.36. The van der Waals surface area contributed by atoms with E-state index >= 15 is 0 Å². The first-order valence-electron chi connectivity index (χ1n) is 7.01. The van der Waals surface area contributed by atoms with Crippen LogP contribution in [0.4, 0.5) is 4.39 Å². The van der Waals surface area contributed by atoms with Gasteiger partial charge < -0.3 is 0 Å². The molecular weight excluding hydrogens is 325 g/mol. The van der Waals surface area contributed by atoms with Crippen molar-refractivity contribution in [1.29, 1.82) is 0 Å². The second-order valence-electron chi connectivity index (χ2n) is 5.29. The smallest absolute Gasteiger partial charge is 0.207 e. The van der Waals surface area contributed by atoms with Gasteiger partial charge in [-0.3, -0.25) is 0 Å². The Morgan fingerprint density at radius 1 is 1.14 bits per heavy atom. The van der Waals surface area contributed by atoms with Crippen LogP contribution in [0.3, 0.4) is 0 Å². The van der Waals surface area contributed by atoms with Gasteiger partial charge in [-0.25, -0.2) is 12.8 Å². The van der Waals surface area contributed by atoms with Gasteiger partial charge in [0, 0.05) is 11.6 Å². The standard InChI is InChI=1S/C16H15ClFNO2S/c17-13-5-2-7-15(11-13)22(20,21)19-9-3-8-16(19)12-4-1-6-14(18)10-12/h1-2,4-7,10-11,16H,3,8-9H2. The first kappa shape index (κ1) is 15.5. The van der Waals surface area contributed by atoms with Gasteiger partial charge in [-0.2, -0.15) is 4.31 Å². The van der Waals surface area contributed by atoms with Crippen LogP contribution in [0.15, 0.2) is 53.4 Å². The zero-order valence-electron chi connectivity index (χ0n) is 11.7. The summed E-state index contributed by atoms with van der Waals surface area (Å²) >= 11 is 5.90. The van der Waals surface area contributed by atoms with Gasteiger partial charge in [0.1, 0.15) is 5.82 Å². The topological polar surface area (TPSA) is 37.4 Å². The van der Waals surface area contributed by atoms with E-state index in [0.717, 1.165) is 6.42 Å². The molecule has 0 saturated carbocycles. The molecular formula is C16H15ClFNO2S. The fourth-order valence-electron chi connectivity index (χ4n) is 2.84. The Labute approximate surface area is 134 Å². The second-order valence-corrected chi connectivity index (χ2v) is 7.61. The van der Waals surface area contributed by atoms with Crippen LogP contribution in [0.25, 0.3) is 0 Å². The van der Waals surface area contributed by atoms with Crippen LogP contribution in [0.2, 0.25) is 5.02 Å². The zero-order valence-corrected chi connectivity index (χ0v) is 13.3. The summed E-state index contributed by atoms with van der Waals surface area (Å²) in [7, 11) is -3.64. The molecule has 0 amide bonds. The van der Waals surface area contributed by atoms with Crippen molar-refractivity contribution in [2.24, 2.45) is 0 Å². The minimum atomic E-state index is -3.64. The zero-order chi connectivity index (χ0) is 15.7. The molecule has 2 aromatic rings. The van der Waals surface area contributed by atoms with E-state index in [1.165, 1.54) is 28.6 Å². The largest absolute Gasteiger partial charge is 0.243 e. The van der Waals surface area contributed by atoms with E-state index in [9.17, 15) is 12.8 Å². The number of nitrogens with zero attached hydrogens (tertiary/aromatic N) is 1. The Bertz CT molecular complexity index is 794. The molecule has 0 aliphatic carbocycles. The molecule has 1 aliphatic rings. The lowest BCUT2D eigenvalue weighted by molar-refractivity contribution is 0.395. The van der Waals surface area contributed by atoms with Crippen LogP contribution >= 0.6 is 11.6 Å². The molecule has 116 valence electrons. The molecule has 1 atom stereocenters. The molecule has 0 bridgehead atoms. The Hall–Kier alpha value is -1.43. The highest BCUT2D eigenvalue weighted by Crippen LogP contribution is 2.37. The van der Waals surface area contributed by atoms with E-state index in [4.69, 9.17) is 11.6 Å². The third-order valence-corrected chi connectivity index (χ3v) is 5.98. The van der Waals surface area contributed by atoms with Crippen molar-refractivity contribution in [3.05, 3.63) is 64.9 Å². The van der Waals surface area contributed by atoms with Crippen LogP contribution in [0, 0.1) is 5.82 Å². The Kier molecular flexibility index (Phi) is 4.21. The molecule has 1 unspecified atom stereocenters. The fraction of sp³-hybridized carbons (Fsp3) is 0.250. The molecule has 6 heteroatoms. The summed E-state index contributed by atoms with van der Waals surface area (Å²) in [6.07, 6.45) is 1.43. The van der Waals surface area contributed by atoms with Crippen molar-refractivity contribution in [1.82, 2.24) is 4.31 Å². The Morgan fingerprint density at radius 3 is 2.64 bits per heavy atom. The van der Waals surface area contributed by atoms with Gasteiger partial charge in [-0.05, 0) is 48.7 Å². The van der Waals surface area contributed by atoms with Crippen molar-refractivity contribution in [2.75, 3.05) is 6.54 Å². The highest BCUT2D eigenvalue weighted by molar-refractivity contribution is 7.89. The number of hydrogen-bond donors (Lipinski definition) is 0. The number of sulfonamides is 1. The fourth-order valence-corrected chi connectivity index (χ4v) is 4.82. The van der Waals surface area contributed by atoms with Gasteiger partial charge in [0.25, 0.3) is 0 Å². The molecule has 0 N–H and O–H groups in total. The molecule has 22 heavy (non-hydrogen) atoms. The summed E-state index contributed by atoms with van der Waals surface area (Å²) in [5.74, 6) is -0.357. The van der Waals surface area contributed by atoms with Gasteiger partial charge in [-0.1, -0.05) is 29.8 Å². The highest BCUT2D eigenvalue weighted by atomic mass is 35.5. The summed E-state index contributed by atoms with van der Waals surface area (Å²) < 4.78 is 40.5. The van der Waals surface area contributed by atoms with Crippen molar-refractivity contribution in [3.63, 3.8) is 0 Å². The van der Waals surface area contributed by atoms with Gasteiger partial charge >= 0.3 is 0 Å². The lowest BCUT2D eigenvalue weighted by Gasteiger charge is -2.24. The molecule has 1 saturated heterocycles. The van der Waals surface area contributed by atoms with Crippen molar-refractivity contribution in [3.8, 4) is 0 Å². The summed E-state index contributed by atoms with van der Waals surface area (Å²) in [5.41, 5.74) is 0.683. The first-order valence-corrected chi connectivity index (χ1v) is 8.83. The van der Waals surface area contributed by atoms with Gasteiger partial charge in [0.05, 0.1) is 10.9 Å². The molecule has 1 heterocycles. The molecule has 2 aromatic carbocycles. The lowest BCUT2D eigenvalue weighted by Crippen LogP contribution is -2.30. The molecule has 3 nitrogen and oxygen atoms in total. The maximum Gasteiger partial charge on any atom is 0.243 e. The number of hydrogen-bond acceptors (Lipinski definition) is 2. The minimum absolute atomic E-state index is 0.170. The molecule has 3 rings (SSSR count). The summed E-state index contributed by atoms with van der Waals surface area (Å²) in [6, 6.07) is 12.0. The lowest BCUT2D eigenvalue weighted by atomic mass is 10.1. The van der Waals surface area contributed by atoms with Crippen LogP contribution in [-0.2, 0) is 10.0 Å². The number of rotatable bonds is 3. The third-order valence-electron chi connectivity index (χ3n) is 3.84. The third kappa shape index (κ3) is 2.89. The van der Waals surface area contributed by atoms with Crippen molar-refractivity contribution < 1.29 is 12.8 Å². The first-order chi connectivity index (χ1) is 10.5. The van der Waals surface area contributed by atoms with Crippen molar-refractivity contribution in [2.45, 2.75) is 23.8 Å². The number of benzene rings is 2. The average molecular weight is 340 g/mol. The van der Waals surface area contributed by atoms with Crippen LogP contribution in [-0.4, -0.2) is 19.3 Å². The van der Waals surface area contributed by atoms with E-state index in [0.29, 0.717) is 23.6 Å². The van der Waals surface area contributed by atoms with Crippen LogP contribution in [0.5, 0.6) is 0 Å². The molecule has 1 aliphatic heterocycles. The van der Waals surface area contributed by atoms with E-state index in [1.807, 2.05) is 0 Å². The monoisotopic (exact) mass is 339 g/mol. The predicted octanol–water partition coefficient (Wildman–Crippen LogP) is 4.00. The summed E-state index contributed by atoms with van der Waals surface area (Å²) in [5, 5.41) is 0.377. The SMILES string of the molecule is O=S(=O)(c1cccc(Cl)c1)N1CCCC1c1cccc(F)c1. The van der Waals surface area contributed by atoms with E-state index < -0.39 is 10.0 Å². The normalized spacial score (nSPS) is 19.5. The van der Waals surface area contributed by atoms with E-state index in [1.54, 1.807) is 24.3 Å². The van der Waals surface area contributed by atoms with Gasteiger partial charge in [0.2, 0.25) is 10.0 Å². The number of halogens is 2. The maximum atomic E-state index is 13.4. The van der Waals surface area contributed by atoms with Crippen LogP contribution < -0.4 is 0 Å². The van der Waals surface area contributed by atoms with Gasteiger partial charge in [-0.15, -0.1) is 0 Å². The van der Waals surface area contributed by atoms with Crippen LogP contribution in [0.1, 0.15) is 24.4 Å². The van der Waals surface area contributed by atoms with Gasteiger partial charge in [0.15, 0.2) is 0 Å². The average Bonchev–Trinajstić information content (AvgIpc) is 2.97. The van der Waals surface area contributed by atoms with E-state index in [-0.39, 0.29) is 16.8 Å². The quantitative estimate of drug-likeness (QED) is 0.847. The Morgan fingerprint density at radius 2 is 1.91 bits per heavy atom. The molecule has 0 aromatic heterocycles. The Balaban J connectivity index is 1.99. The maximum absolute atomic E-state index is 13.4. The molecule has 1 fully saturated rings. The minimum Gasteiger partial charge on any atom is -0.207 e.